The minimum Gasteiger partial charge on any atom is -0.486 e. The number of ether oxygens (including phenoxy) is 2. The predicted molar refractivity (Wildman–Crippen MR) is 92.5 cm³/mol. The van der Waals surface area contributed by atoms with Crippen LogP contribution in [0.3, 0.4) is 0 Å². The molecule has 2 aliphatic heterocycles. The quantitative estimate of drug-likeness (QED) is 0.841. The molecule has 2 aliphatic rings. The molecular weight excluding hydrogens is 306 g/mol. The monoisotopic (exact) mass is 333 g/mol. The summed E-state index contributed by atoms with van der Waals surface area (Å²) >= 11 is 0. The number of piperazine rings is 1. The van der Waals surface area contributed by atoms with Gasteiger partial charge in [0, 0.05) is 26.2 Å². The maximum atomic E-state index is 12.1. The fourth-order valence-corrected chi connectivity index (χ4v) is 3.14. The minimum absolute atomic E-state index is 0.0569. The van der Waals surface area contributed by atoms with Gasteiger partial charge in [0.1, 0.15) is 12.7 Å². The van der Waals surface area contributed by atoms with E-state index in [9.17, 15) is 4.79 Å². The molecular formula is C18H27N3O3. The van der Waals surface area contributed by atoms with Gasteiger partial charge in [-0.2, -0.15) is 0 Å². The van der Waals surface area contributed by atoms with E-state index in [1.807, 2.05) is 24.3 Å². The third kappa shape index (κ3) is 4.61. The van der Waals surface area contributed by atoms with Crippen LogP contribution in [-0.2, 0) is 4.79 Å². The Kier molecular flexibility index (Phi) is 5.93. The second-order valence-corrected chi connectivity index (χ2v) is 6.42. The van der Waals surface area contributed by atoms with Crippen molar-refractivity contribution in [1.82, 2.24) is 15.1 Å². The lowest BCUT2D eigenvalue weighted by atomic mass is 10.2. The Morgan fingerprint density at radius 3 is 2.62 bits per heavy atom. The highest BCUT2D eigenvalue weighted by molar-refractivity contribution is 5.78. The molecule has 1 atom stereocenters. The number of carbonyl (C=O) groups excluding carboxylic acids is 1. The van der Waals surface area contributed by atoms with Gasteiger partial charge in [-0.15, -0.1) is 0 Å². The molecule has 24 heavy (non-hydrogen) atoms. The van der Waals surface area contributed by atoms with Crippen LogP contribution >= 0.6 is 0 Å². The van der Waals surface area contributed by atoms with Crippen LogP contribution < -0.4 is 14.8 Å². The van der Waals surface area contributed by atoms with E-state index in [0.29, 0.717) is 19.7 Å². The smallest absolute Gasteiger partial charge is 0.234 e. The summed E-state index contributed by atoms with van der Waals surface area (Å²) in [6.45, 7) is 8.79. The second-order valence-electron chi connectivity index (χ2n) is 6.42. The molecule has 3 rings (SSSR count). The lowest BCUT2D eigenvalue weighted by Crippen LogP contribution is -2.50. The van der Waals surface area contributed by atoms with Crippen LogP contribution in [0.25, 0.3) is 0 Å². The molecule has 1 fully saturated rings. The lowest BCUT2D eigenvalue weighted by Gasteiger charge is -2.34. The number of para-hydroxylation sites is 2. The molecule has 0 aromatic heterocycles. The van der Waals surface area contributed by atoms with E-state index in [1.165, 1.54) is 6.42 Å². The molecule has 1 aromatic carbocycles. The summed E-state index contributed by atoms with van der Waals surface area (Å²) in [5.74, 6) is 1.57. The summed E-state index contributed by atoms with van der Waals surface area (Å²) < 4.78 is 11.5. The zero-order valence-electron chi connectivity index (χ0n) is 14.4. The first-order valence-corrected chi connectivity index (χ1v) is 8.84. The average molecular weight is 333 g/mol. The summed E-state index contributed by atoms with van der Waals surface area (Å²) in [5.41, 5.74) is 0. The van der Waals surface area contributed by atoms with Crippen molar-refractivity contribution in [3.05, 3.63) is 24.3 Å². The predicted octanol–water partition coefficient (Wildman–Crippen LogP) is 0.970. The second kappa shape index (κ2) is 8.35. The van der Waals surface area contributed by atoms with E-state index >= 15 is 0 Å². The highest BCUT2D eigenvalue weighted by Gasteiger charge is 2.22. The number of carbonyl (C=O) groups is 1. The Morgan fingerprint density at radius 2 is 1.88 bits per heavy atom. The molecule has 6 heteroatoms. The topological polar surface area (TPSA) is 54.0 Å². The molecule has 1 amide bonds. The molecule has 0 unspecified atom stereocenters. The molecule has 1 saturated heterocycles. The molecule has 0 aliphatic carbocycles. The summed E-state index contributed by atoms with van der Waals surface area (Å²) in [4.78, 5) is 16.8. The summed E-state index contributed by atoms with van der Waals surface area (Å²) in [7, 11) is 0. The van der Waals surface area contributed by atoms with Crippen molar-refractivity contribution in [2.75, 3.05) is 52.4 Å². The maximum absolute atomic E-state index is 12.1. The van der Waals surface area contributed by atoms with E-state index in [4.69, 9.17) is 9.47 Å². The van der Waals surface area contributed by atoms with Gasteiger partial charge in [-0.25, -0.2) is 0 Å². The van der Waals surface area contributed by atoms with Crippen molar-refractivity contribution < 1.29 is 14.3 Å². The largest absolute Gasteiger partial charge is 0.486 e. The van der Waals surface area contributed by atoms with E-state index in [0.717, 1.165) is 44.2 Å². The molecule has 1 N–H and O–H groups in total. The van der Waals surface area contributed by atoms with Crippen molar-refractivity contribution in [2.24, 2.45) is 0 Å². The summed E-state index contributed by atoms with van der Waals surface area (Å²) in [6, 6.07) is 7.62. The number of amides is 1. The Balaban J connectivity index is 1.36. The van der Waals surface area contributed by atoms with Gasteiger partial charge in [0.05, 0.1) is 13.1 Å². The SMILES string of the molecule is CCCN1CCN(CC(=O)NC[C@H]2COc3ccccc3O2)CC1. The number of benzene rings is 1. The van der Waals surface area contributed by atoms with Crippen molar-refractivity contribution >= 4 is 5.91 Å². The Bertz CT molecular complexity index is 544. The molecule has 2 heterocycles. The van der Waals surface area contributed by atoms with E-state index in [2.05, 4.69) is 22.0 Å². The van der Waals surface area contributed by atoms with Crippen molar-refractivity contribution in [3.8, 4) is 11.5 Å². The molecule has 0 radical (unpaired) electrons. The molecule has 0 bridgehead atoms. The first-order chi connectivity index (χ1) is 11.7. The number of nitrogens with zero attached hydrogens (tertiary/aromatic N) is 2. The molecule has 1 aromatic rings. The fourth-order valence-electron chi connectivity index (χ4n) is 3.14. The van der Waals surface area contributed by atoms with Gasteiger partial charge in [-0.05, 0) is 25.1 Å². The van der Waals surface area contributed by atoms with Crippen LogP contribution in [0.1, 0.15) is 13.3 Å². The third-order valence-electron chi connectivity index (χ3n) is 4.47. The standard InChI is InChI=1S/C18H27N3O3/c1-2-7-20-8-10-21(11-9-20)13-18(22)19-12-15-14-23-16-5-3-4-6-17(16)24-15/h3-6,15H,2,7-14H2,1H3,(H,19,22)/t15-/m0/s1. The third-order valence-corrected chi connectivity index (χ3v) is 4.47. The highest BCUT2D eigenvalue weighted by atomic mass is 16.6. The normalized spacial score (nSPS) is 21.5. The lowest BCUT2D eigenvalue weighted by molar-refractivity contribution is -0.123. The Morgan fingerprint density at radius 1 is 1.17 bits per heavy atom. The van der Waals surface area contributed by atoms with Gasteiger partial charge < -0.3 is 19.7 Å². The first-order valence-electron chi connectivity index (χ1n) is 8.84. The molecule has 132 valence electrons. The van der Waals surface area contributed by atoms with Crippen molar-refractivity contribution in [2.45, 2.75) is 19.4 Å². The van der Waals surface area contributed by atoms with Gasteiger partial charge in [0.15, 0.2) is 11.5 Å². The number of hydrogen-bond acceptors (Lipinski definition) is 5. The Hall–Kier alpha value is -1.79. The van der Waals surface area contributed by atoms with E-state index in [-0.39, 0.29) is 12.0 Å². The van der Waals surface area contributed by atoms with E-state index in [1.54, 1.807) is 0 Å². The number of hydrogen-bond donors (Lipinski definition) is 1. The number of nitrogens with one attached hydrogen (secondary N) is 1. The van der Waals surface area contributed by atoms with Crippen LogP contribution in [0.2, 0.25) is 0 Å². The van der Waals surface area contributed by atoms with Crippen LogP contribution in [0.5, 0.6) is 11.5 Å². The average Bonchev–Trinajstić information content (AvgIpc) is 2.62. The van der Waals surface area contributed by atoms with Crippen LogP contribution in [0.15, 0.2) is 24.3 Å². The number of rotatable bonds is 6. The van der Waals surface area contributed by atoms with Gasteiger partial charge in [-0.3, -0.25) is 9.69 Å². The zero-order valence-corrected chi connectivity index (χ0v) is 14.4. The van der Waals surface area contributed by atoms with Crippen LogP contribution in [-0.4, -0.2) is 74.2 Å². The van der Waals surface area contributed by atoms with E-state index < -0.39 is 0 Å². The van der Waals surface area contributed by atoms with Crippen LogP contribution in [0.4, 0.5) is 0 Å². The van der Waals surface area contributed by atoms with Crippen molar-refractivity contribution in [3.63, 3.8) is 0 Å². The molecule has 6 nitrogen and oxygen atoms in total. The molecule has 0 spiro atoms. The maximum Gasteiger partial charge on any atom is 0.234 e. The van der Waals surface area contributed by atoms with Crippen LogP contribution in [0, 0.1) is 0 Å². The Labute approximate surface area is 143 Å². The number of fused-ring (bicyclic) bond motifs is 1. The summed E-state index contributed by atoms with van der Waals surface area (Å²) in [6.07, 6.45) is 1.05. The highest BCUT2D eigenvalue weighted by Crippen LogP contribution is 2.30. The van der Waals surface area contributed by atoms with Gasteiger partial charge in [-0.1, -0.05) is 19.1 Å². The van der Waals surface area contributed by atoms with Gasteiger partial charge in [0.2, 0.25) is 5.91 Å². The molecule has 0 saturated carbocycles. The summed E-state index contributed by atoms with van der Waals surface area (Å²) in [5, 5.41) is 2.97. The van der Waals surface area contributed by atoms with Gasteiger partial charge in [0.25, 0.3) is 0 Å². The fraction of sp³-hybridized carbons (Fsp3) is 0.611. The van der Waals surface area contributed by atoms with Crippen molar-refractivity contribution in [1.29, 1.82) is 0 Å². The van der Waals surface area contributed by atoms with Gasteiger partial charge >= 0.3 is 0 Å². The minimum atomic E-state index is -0.134. The zero-order chi connectivity index (χ0) is 16.8. The first kappa shape index (κ1) is 17.0.